The third-order valence-corrected chi connectivity index (χ3v) is 5.28. The standard InChI is InChI=1S/C21H22N2O2/c22-16-6-10-18-15(11-16)5-9-19(20(18)12-24)21(25)23-17-7-3-14(4-8-17)13-1-2-13/h3-5,7-9,12-13,16H,1-2,6,10-11,22H2,(H,23,25). The minimum absolute atomic E-state index is 0.136. The Morgan fingerprint density at radius 2 is 1.84 bits per heavy atom. The lowest BCUT2D eigenvalue weighted by atomic mass is 9.84. The second-order valence-electron chi connectivity index (χ2n) is 7.14. The zero-order valence-electron chi connectivity index (χ0n) is 14.1. The van der Waals surface area contributed by atoms with E-state index in [-0.39, 0.29) is 11.9 Å². The van der Waals surface area contributed by atoms with E-state index >= 15 is 0 Å². The van der Waals surface area contributed by atoms with E-state index in [0.29, 0.717) is 17.0 Å². The Kier molecular flexibility index (Phi) is 4.14. The number of anilines is 1. The van der Waals surface area contributed by atoms with Gasteiger partial charge in [-0.1, -0.05) is 18.2 Å². The minimum atomic E-state index is -0.237. The number of hydrogen-bond acceptors (Lipinski definition) is 3. The average molecular weight is 334 g/mol. The third-order valence-electron chi connectivity index (χ3n) is 5.28. The highest BCUT2D eigenvalue weighted by atomic mass is 16.1. The average Bonchev–Trinajstić information content (AvgIpc) is 3.46. The molecule has 1 amide bonds. The fourth-order valence-electron chi connectivity index (χ4n) is 3.70. The number of fused-ring (bicyclic) bond motifs is 1. The number of nitrogens with two attached hydrogens (primary N) is 1. The molecule has 1 fully saturated rings. The van der Waals surface area contributed by atoms with E-state index in [0.717, 1.165) is 42.4 Å². The number of nitrogens with one attached hydrogen (secondary N) is 1. The molecule has 4 nitrogen and oxygen atoms in total. The monoisotopic (exact) mass is 334 g/mol. The van der Waals surface area contributed by atoms with Crippen molar-refractivity contribution < 1.29 is 9.59 Å². The number of carbonyl (C=O) groups is 2. The molecule has 128 valence electrons. The number of hydrogen-bond donors (Lipinski definition) is 2. The van der Waals surface area contributed by atoms with Gasteiger partial charge in [-0.2, -0.15) is 0 Å². The molecular weight excluding hydrogens is 312 g/mol. The number of rotatable bonds is 4. The van der Waals surface area contributed by atoms with Gasteiger partial charge in [0.25, 0.3) is 5.91 Å². The van der Waals surface area contributed by atoms with Crippen molar-refractivity contribution in [3.8, 4) is 0 Å². The smallest absolute Gasteiger partial charge is 0.256 e. The maximum Gasteiger partial charge on any atom is 0.256 e. The molecule has 0 saturated heterocycles. The van der Waals surface area contributed by atoms with Crippen LogP contribution in [-0.4, -0.2) is 18.2 Å². The van der Waals surface area contributed by atoms with E-state index in [1.807, 2.05) is 18.2 Å². The van der Waals surface area contributed by atoms with E-state index < -0.39 is 0 Å². The number of benzene rings is 2. The van der Waals surface area contributed by atoms with Gasteiger partial charge in [-0.05, 0) is 72.9 Å². The number of amides is 1. The number of aldehydes is 1. The molecule has 4 rings (SSSR count). The molecule has 2 aliphatic carbocycles. The van der Waals surface area contributed by atoms with Crippen molar-refractivity contribution in [2.45, 2.75) is 44.1 Å². The summed E-state index contributed by atoms with van der Waals surface area (Å²) in [5.41, 5.74) is 11.1. The molecule has 0 radical (unpaired) electrons. The minimum Gasteiger partial charge on any atom is -0.327 e. The van der Waals surface area contributed by atoms with Crippen molar-refractivity contribution in [3.05, 3.63) is 64.2 Å². The lowest BCUT2D eigenvalue weighted by Crippen LogP contribution is -2.29. The first-order chi connectivity index (χ1) is 12.2. The molecule has 1 atom stereocenters. The molecule has 25 heavy (non-hydrogen) atoms. The summed E-state index contributed by atoms with van der Waals surface area (Å²) < 4.78 is 0. The van der Waals surface area contributed by atoms with E-state index in [9.17, 15) is 9.59 Å². The maximum absolute atomic E-state index is 12.7. The van der Waals surface area contributed by atoms with Crippen molar-refractivity contribution in [1.29, 1.82) is 0 Å². The zero-order valence-corrected chi connectivity index (χ0v) is 14.1. The molecule has 4 heteroatoms. The summed E-state index contributed by atoms with van der Waals surface area (Å²) in [6, 6.07) is 11.8. The quantitative estimate of drug-likeness (QED) is 0.841. The molecule has 1 saturated carbocycles. The predicted octanol–water partition coefficient (Wildman–Crippen LogP) is 3.44. The van der Waals surface area contributed by atoms with Gasteiger partial charge < -0.3 is 11.1 Å². The van der Waals surface area contributed by atoms with Gasteiger partial charge in [0.05, 0.1) is 5.56 Å². The summed E-state index contributed by atoms with van der Waals surface area (Å²) in [7, 11) is 0. The van der Waals surface area contributed by atoms with Crippen LogP contribution in [0, 0.1) is 0 Å². The zero-order chi connectivity index (χ0) is 17.4. The van der Waals surface area contributed by atoms with Crippen molar-refractivity contribution in [2.24, 2.45) is 5.73 Å². The first kappa shape index (κ1) is 16.0. The van der Waals surface area contributed by atoms with Crippen molar-refractivity contribution in [2.75, 3.05) is 5.32 Å². The Balaban J connectivity index is 1.58. The summed E-state index contributed by atoms with van der Waals surface area (Å²) >= 11 is 0. The van der Waals surface area contributed by atoms with E-state index in [1.165, 1.54) is 18.4 Å². The summed E-state index contributed by atoms with van der Waals surface area (Å²) in [6.07, 6.45) is 5.69. The fraction of sp³-hybridized carbons (Fsp3) is 0.333. The lowest BCUT2D eigenvalue weighted by Gasteiger charge is -2.23. The Bertz CT molecular complexity index is 823. The first-order valence-electron chi connectivity index (χ1n) is 8.92. The molecule has 0 spiro atoms. The van der Waals surface area contributed by atoms with Crippen LogP contribution in [0.4, 0.5) is 5.69 Å². The molecule has 0 aromatic heterocycles. The highest BCUT2D eigenvalue weighted by Gasteiger charge is 2.24. The summed E-state index contributed by atoms with van der Waals surface area (Å²) in [5, 5.41) is 2.91. The van der Waals surface area contributed by atoms with Gasteiger partial charge in [0.2, 0.25) is 0 Å². The van der Waals surface area contributed by atoms with E-state index in [1.54, 1.807) is 6.07 Å². The van der Waals surface area contributed by atoms with Gasteiger partial charge in [0.1, 0.15) is 0 Å². The molecule has 2 aliphatic rings. The SMILES string of the molecule is NC1CCc2c(ccc(C(=O)Nc3ccc(C4CC4)cc3)c2C=O)C1. The third kappa shape index (κ3) is 3.22. The van der Waals surface area contributed by atoms with E-state index in [2.05, 4.69) is 17.4 Å². The highest BCUT2D eigenvalue weighted by Crippen LogP contribution is 2.40. The largest absolute Gasteiger partial charge is 0.327 e. The lowest BCUT2D eigenvalue weighted by molar-refractivity contribution is 0.101. The molecule has 1 unspecified atom stereocenters. The van der Waals surface area contributed by atoms with Crippen LogP contribution in [0.3, 0.4) is 0 Å². The Hall–Kier alpha value is -2.46. The topological polar surface area (TPSA) is 72.2 Å². The summed E-state index contributed by atoms with van der Waals surface area (Å²) in [4.78, 5) is 24.3. The van der Waals surface area contributed by atoms with Crippen molar-refractivity contribution in [1.82, 2.24) is 0 Å². The van der Waals surface area contributed by atoms with Gasteiger partial charge in [-0.25, -0.2) is 0 Å². The van der Waals surface area contributed by atoms with Crippen LogP contribution in [0.25, 0.3) is 0 Å². The fourth-order valence-corrected chi connectivity index (χ4v) is 3.70. The van der Waals surface area contributed by atoms with Crippen molar-refractivity contribution >= 4 is 17.9 Å². The van der Waals surface area contributed by atoms with Crippen LogP contribution in [0.5, 0.6) is 0 Å². The number of carbonyl (C=O) groups excluding carboxylic acids is 2. The Morgan fingerprint density at radius 3 is 2.52 bits per heavy atom. The van der Waals surface area contributed by atoms with Crippen LogP contribution in [0.15, 0.2) is 36.4 Å². The molecule has 3 N–H and O–H groups in total. The Labute approximate surface area is 147 Å². The second-order valence-corrected chi connectivity index (χ2v) is 7.14. The molecule has 0 heterocycles. The van der Waals surface area contributed by atoms with Gasteiger partial charge in [-0.15, -0.1) is 0 Å². The second kappa shape index (κ2) is 6.45. The molecule has 0 bridgehead atoms. The van der Waals surface area contributed by atoms with Crippen LogP contribution < -0.4 is 11.1 Å². The Morgan fingerprint density at radius 1 is 1.08 bits per heavy atom. The van der Waals surface area contributed by atoms with Gasteiger partial charge in [0, 0.05) is 17.3 Å². The molecule has 2 aromatic rings. The van der Waals surface area contributed by atoms with Crippen LogP contribution in [0.1, 0.15) is 62.6 Å². The normalized spacial score (nSPS) is 19.2. The predicted molar refractivity (Wildman–Crippen MR) is 98.2 cm³/mol. The van der Waals surface area contributed by atoms with Crippen LogP contribution in [0.2, 0.25) is 0 Å². The maximum atomic E-state index is 12.7. The van der Waals surface area contributed by atoms with Gasteiger partial charge in [0.15, 0.2) is 6.29 Å². The van der Waals surface area contributed by atoms with E-state index in [4.69, 9.17) is 5.73 Å². The summed E-state index contributed by atoms with van der Waals surface area (Å²) in [5.74, 6) is 0.456. The van der Waals surface area contributed by atoms with Crippen LogP contribution >= 0.6 is 0 Å². The van der Waals surface area contributed by atoms with Crippen molar-refractivity contribution in [3.63, 3.8) is 0 Å². The molecular formula is C21H22N2O2. The van der Waals surface area contributed by atoms with Gasteiger partial charge in [-0.3, -0.25) is 9.59 Å². The molecule has 2 aromatic carbocycles. The van der Waals surface area contributed by atoms with Gasteiger partial charge >= 0.3 is 0 Å². The molecule has 0 aliphatic heterocycles. The first-order valence-corrected chi connectivity index (χ1v) is 8.92. The highest BCUT2D eigenvalue weighted by molar-refractivity contribution is 6.09. The van der Waals surface area contributed by atoms with Crippen LogP contribution in [-0.2, 0) is 12.8 Å². The summed E-state index contributed by atoms with van der Waals surface area (Å²) in [6.45, 7) is 0.